The van der Waals surface area contributed by atoms with Gasteiger partial charge in [0.1, 0.15) is 16.2 Å². The highest BCUT2D eigenvalue weighted by Gasteiger charge is 2.27. The van der Waals surface area contributed by atoms with Crippen molar-refractivity contribution in [1.82, 2.24) is 14.3 Å². The lowest BCUT2D eigenvalue weighted by Gasteiger charge is -2.12. The van der Waals surface area contributed by atoms with Crippen LogP contribution in [0.1, 0.15) is 24.6 Å². The van der Waals surface area contributed by atoms with Gasteiger partial charge in [0.25, 0.3) is 0 Å². The van der Waals surface area contributed by atoms with E-state index in [-0.39, 0.29) is 5.75 Å². The van der Waals surface area contributed by atoms with Crippen molar-refractivity contribution in [3.8, 4) is 0 Å². The van der Waals surface area contributed by atoms with Crippen LogP contribution in [0.15, 0.2) is 10.7 Å². The fourth-order valence-corrected chi connectivity index (χ4v) is 2.66. The molecule has 0 bridgehead atoms. The summed E-state index contributed by atoms with van der Waals surface area (Å²) in [5, 5.41) is 3.03. The molecule has 0 amide bonds. The molecule has 106 valence electrons. The maximum atomic E-state index is 11.6. The van der Waals surface area contributed by atoms with Crippen molar-refractivity contribution in [3.05, 3.63) is 16.5 Å². The Balaban J connectivity index is 1.96. The number of nitrogens with zero attached hydrogens (tertiary/aromatic N) is 3. The topological polar surface area (TPSA) is 75.2 Å². The third kappa shape index (κ3) is 4.12. The van der Waals surface area contributed by atoms with E-state index in [0.29, 0.717) is 18.3 Å². The summed E-state index contributed by atoms with van der Waals surface area (Å²) in [6.45, 7) is 0.327. The number of hydrogen-bond donors (Lipinski definition) is 1. The lowest BCUT2D eigenvalue weighted by Crippen LogP contribution is -2.28. The molecule has 0 aromatic carbocycles. The molecule has 1 saturated carbocycles. The average molecular weight is 349 g/mol. The van der Waals surface area contributed by atoms with Crippen LogP contribution in [0.3, 0.4) is 0 Å². The molecule has 8 heteroatoms. The minimum Gasteiger partial charge on any atom is -0.369 e. The fraction of sp³-hybridized carbons (Fsp3) is 0.636. The zero-order valence-electron chi connectivity index (χ0n) is 10.9. The molecule has 0 spiro atoms. The lowest BCUT2D eigenvalue weighted by molar-refractivity contribution is 0.521. The van der Waals surface area contributed by atoms with Crippen LogP contribution in [-0.4, -0.2) is 49.1 Å². The van der Waals surface area contributed by atoms with Crippen LogP contribution in [-0.2, 0) is 10.0 Å². The first-order chi connectivity index (χ1) is 8.88. The van der Waals surface area contributed by atoms with Crippen LogP contribution < -0.4 is 5.32 Å². The summed E-state index contributed by atoms with van der Waals surface area (Å²) >= 11 is 3.35. The highest BCUT2D eigenvalue weighted by Crippen LogP contribution is 2.38. The van der Waals surface area contributed by atoms with E-state index >= 15 is 0 Å². The van der Waals surface area contributed by atoms with Gasteiger partial charge in [0.15, 0.2) is 0 Å². The summed E-state index contributed by atoms with van der Waals surface area (Å²) in [6, 6.07) is 1.76. The predicted octanol–water partition coefficient (Wildman–Crippen LogP) is 1.42. The van der Waals surface area contributed by atoms with Crippen molar-refractivity contribution in [2.24, 2.45) is 0 Å². The van der Waals surface area contributed by atoms with E-state index in [1.807, 2.05) is 0 Å². The van der Waals surface area contributed by atoms with E-state index < -0.39 is 10.0 Å². The third-order valence-corrected chi connectivity index (χ3v) is 5.12. The molecule has 1 N–H and O–H groups in total. The maximum Gasteiger partial charge on any atom is 0.215 e. The molecule has 1 aliphatic carbocycles. The number of hydrogen-bond acceptors (Lipinski definition) is 5. The zero-order chi connectivity index (χ0) is 14.0. The minimum atomic E-state index is -3.18. The molecule has 1 fully saturated rings. The molecule has 19 heavy (non-hydrogen) atoms. The van der Waals surface area contributed by atoms with Gasteiger partial charge in [0.2, 0.25) is 10.0 Å². The highest BCUT2D eigenvalue weighted by atomic mass is 79.9. The second kappa shape index (κ2) is 5.72. The van der Waals surface area contributed by atoms with Gasteiger partial charge in [-0.1, -0.05) is 0 Å². The quantitative estimate of drug-likeness (QED) is 0.787. The molecule has 1 aromatic heterocycles. The number of rotatable bonds is 6. The molecular weight excluding hydrogens is 332 g/mol. The fourth-order valence-electron chi connectivity index (χ4n) is 1.54. The minimum absolute atomic E-state index is 0.0420. The highest BCUT2D eigenvalue weighted by molar-refractivity contribution is 9.10. The van der Waals surface area contributed by atoms with Crippen LogP contribution in [0, 0.1) is 0 Å². The number of aromatic nitrogens is 2. The Morgan fingerprint density at radius 1 is 1.42 bits per heavy atom. The summed E-state index contributed by atoms with van der Waals surface area (Å²) in [5.74, 6) is 1.99. The van der Waals surface area contributed by atoms with Gasteiger partial charge in [-0.15, -0.1) is 0 Å². The Morgan fingerprint density at radius 2 is 2.11 bits per heavy atom. The van der Waals surface area contributed by atoms with Gasteiger partial charge in [-0.05, 0) is 28.8 Å². The van der Waals surface area contributed by atoms with Crippen molar-refractivity contribution >= 4 is 31.8 Å². The molecule has 0 atom stereocenters. The molecule has 1 heterocycles. The van der Waals surface area contributed by atoms with Crippen LogP contribution in [0.25, 0.3) is 0 Å². The number of anilines is 1. The largest absolute Gasteiger partial charge is 0.369 e. The van der Waals surface area contributed by atoms with Crippen molar-refractivity contribution in [1.29, 1.82) is 0 Å². The molecule has 0 saturated heterocycles. The SMILES string of the molecule is CN(C)S(=O)(=O)CCNc1cc(Br)nc(C2CC2)n1. The maximum absolute atomic E-state index is 11.6. The van der Waals surface area contributed by atoms with Gasteiger partial charge in [0, 0.05) is 32.6 Å². The Labute approximate surface area is 121 Å². The summed E-state index contributed by atoms with van der Waals surface area (Å²) in [4.78, 5) is 8.72. The normalized spacial score (nSPS) is 15.8. The van der Waals surface area contributed by atoms with Gasteiger partial charge < -0.3 is 5.32 Å². The lowest BCUT2D eigenvalue weighted by atomic mass is 10.4. The second-order valence-electron chi connectivity index (χ2n) is 4.73. The Kier molecular flexibility index (Phi) is 4.42. The van der Waals surface area contributed by atoms with E-state index in [4.69, 9.17) is 0 Å². The smallest absolute Gasteiger partial charge is 0.215 e. The molecule has 1 aliphatic rings. The molecular formula is C11H17BrN4O2S. The van der Waals surface area contributed by atoms with Gasteiger partial charge in [-0.3, -0.25) is 0 Å². The van der Waals surface area contributed by atoms with Crippen molar-refractivity contribution < 1.29 is 8.42 Å². The monoisotopic (exact) mass is 348 g/mol. The number of nitrogens with one attached hydrogen (secondary N) is 1. The van der Waals surface area contributed by atoms with Gasteiger partial charge >= 0.3 is 0 Å². The molecule has 6 nitrogen and oxygen atoms in total. The summed E-state index contributed by atoms with van der Waals surface area (Å²) in [6.07, 6.45) is 2.26. The zero-order valence-corrected chi connectivity index (χ0v) is 13.3. The van der Waals surface area contributed by atoms with Crippen LogP contribution in [0.5, 0.6) is 0 Å². The van der Waals surface area contributed by atoms with Gasteiger partial charge in [0.05, 0.1) is 5.75 Å². The molecule has 2 rings (SSSR count). The summed E-state index contributed by atoms with van der Waals surface area (Å²) in [5.41, 5.74) is 0. The van der Waals surface area contributed by atoms with Crippen molar-refractivity contribution in [2.75, 3.05) is 31.7 Å². The Morgan fingerprint density at radius 3 is 2.68 bits per heavy atom. The Bertz CT molecular complexity index is 558. The Hall–Kier alpha value is -0.730. The standard InChI is InChI=1S/C11H17BrN4O2S/c1-16(2)19(17,18)6-5-13-10-7-9(12)14-11(15-10)8-3-4-8/h7-8H,3-6H2,1-2H3,(H,13,14,15). The van der Waals surface area contributed by atoms with Gasteiger partial charge in [-0.2, -0.15) is 0 Å². The van der Waals surface area contributed by atoms with E-state index in [2.05, 4.69) is 31.2 Å². The third-order valence-electron chi connectivity index (χ3n) is 2.88. The van der Waals surface area contributed by atoms with Crippen molar-refractivity contribution in [3.63, 3.8) is 0 Å². The molecule has 0 radical (unpaired) electrons. The van der Waals surface area contributed by atoms with E-state index in [1.165, 1.54) is 18.4 Å². The van der Waals surface area contributed by atoms with Crippen molar-refractivity contribution in [2.45, 2.75) is 18.8 Å². The average Bonchev–Trinajstić information content (AvgIpc) is 3.11. The predicted molar refractivity (Wildman–Crippen MR) is 77.7 cm³/mol. The van der Waals surface area contributed by atoms with Crippen LogP contribution in [0.2, 0.25) is 0 Å². The number of halogens is 1. The first kappa shape index (κ1) is 14.7. The van der Waals surface area contributed by atoms with Crippen LogP contribution in [0.4, 0.5) is 5.82 Å². The molecule has 1 aromatic rings. The first-order valence-corrected chi connectivity index (χ1v) is 8.47. The van der Waals surface area contributed by atoms with E-state index in [0.717, 1.165) is 23.3 Å². The van der Waals surface area contributed by atoms with E-state index in [9.17, 15) is 8.42 Å². The van der Waals surface area contributed by atoms with Crippen LogP contribution >= 0.6 is 15.9 Å². The summed E-state index contributed by atoms with van der Waals surface area (Å²) < 4.78 is 25.2. The molecule has 0 aliphatic heterocycles. The van der Waals surface area contributed by atoms with E-state index in [1.54, 1.807) is 6.07 Å². The second-order valence-corrected chi connectivity index (χ2v) is 7.85. The number of sulfonamides is 1. The van der Waals surface area contributed by atoms with Gasteiger partial charge in [-0.25, -0.2) is 22.7 Å². The molecule has 0 unspecified atom stereocenters. The first-order valence-electron chi connectivity index (χ1n) is 6.07. The summed E-state index contributed by atoms with van der Waals surface area (Å²) in [7, 11) is -0.118.